The van der Waals surface area contributed by atoms with Gasteiger partial charge in [-0.25, -0.2) is 0 Å². The van der Waals surface area contributed by atoms with E-state index in [1.165, 1.54) is 11.0 Å². The summed E-state index contributed by atoms with van der Waals surface area (Å²) in [7, 11) is 0. The Morgan fingerprint density at radius 1 is 1.27 bits per heavy atom. The third-order valence-electron chi connectivity index (χ3n) is 4.25. The van der Waals surface area contributed by atoms with Gasteiger partial charge in [-0.05, 0) is 31.2 Å². The molecule has 2 aromatic rings. The summed E-state index contributed by atoms with van der Waals surface area (Å²) < 4.78 is 13.4. The Kier molecular flexibility index (Phi) is 4.66. The van der Waals surface area contributed by atoms with Crippen molar-refractivity contribution in [3.05, 3.63) is 64.0 Å². The Hall–Kier alpha value is -3.29. The molecule has 2 aromatic carbocycles. The van der Waals surface area contributed by atoms with Crippen molar-refractivity contribution in [2.24, 2.45) is 5.92 Å². The van der Waals surface area contributed by atoms with E-state index in [9.17, 15) is 24.1 Å². The second-order valence-electron chi connectivity index (χ2n) is 6.15. The summed E-state index contributed by atoms with van der Waals surface area (Å²) >= 11 is 0. The average Bonchev–Trinajstić information content (AvgIpc) is 2.99. The minimum atomic E-state index is -0.977. The standard InChI is InChI=1S/C18H16FN3O4/c1-11-2-5-14(6-3-11)21-10-12(8-17(21)23)18(24)20-13-4-7-15(19)16(9-13)22(25)26/h2-7,9,12H,8,10H2,1H3,(H,20,24). The van der Waals surface area contributed by atoms with Crippen LogP contribution in [0.3, 0.4) is 0 Å². The molecule has 1 heterocycles. The highest BCUT2D eigenvalue weighted by Gasteiger charge is 2.35. The predicted octanol–water partition coefficient (Wildman–Crippen LogP) is 3.03. The summed E-state index contributed by atoms with van der Waals surface area (Å²) in [6, 6.07) is 10.5. The average molecular weight is 357 g/mol. The molecule has 3 rings (SSSR count). The number of nitrogens with one attached hydrogen (secondary N) is 1. The summed E-state index contributed by atoms with van der Waals surface area (Å²) in [4.78, 5) is 36.1. The van der Waals surface area contributed by atoms with Crippen molar-refractivity contribution in [2.45, 2.75) is 13.3 Å². The van der Waals surface area contributed by atoms with Crippen molar-refractivity contribution in [2.75, 3.05) is 16.8 Å². The maximum Gasteiger partial charge on any atom is 0.306 e. The van der Waals surface area contributed by atoms with E-state index in [2.05, 4.69) is 5.32 Å². The summed E-state index contributed by atoms with van der Waals surface area (Å²) in [5.41, 5.74) is 1.18. The number of aryl methyl sites for hydroxylation is 1. The number of benzene rings is 2. The molecule has 0 saturated carbocycles. The van der Waals surface area contributed by atoms with Crippen LogP contribution < -0.4 is 10.2 Å². The summed E-state index contributed by atoms with van der Waals surface area (Å²) in [6.07, 6.45) is 0.0446. The van der Waals surface area contributed by atoms with Gasteiger partial charge in [0.1, 0.15) is 0 Å². The van der Waals surface area contributed by atoms with Crippen molar-refractivity contribution in [3.63, 3.8) is 0 Å². The van der Waals surface area contributed by atoms with E-state index >= 15 is 0 Å². The van der Waals surface area contributed by atoms with Crippen molar-refractivity contribution in [3.8, 4) is 0 Å². The molecule has 1 saturated heterocycles. The maximum absolute atomic E-state index is 13.4. The number of hydrogen-bond acceptors (Lipinski definition) is 4. The first-order chi connectivity index (χ1) is 12.3. The molecule has 0 radical (unpaired) electrons. The third kappa shape index (κ3) is 3.53. The van der Waals surface area contributed by atoms with Gasteiger partial charge in [0, 0.05) is 30.4 Å². The van der Waals surface area contributed by atoms with Crippen LogP contribution in [0.2, 0.25) is 0 Å². The van der Waals surface area contributed by atoms with Crippen molar-refractivity contribution >= 4 is 28.9 Å². The van der Waals surface area contributed by atoms with Crippen LogP contribution in [0.1, 0.15) is 12.0 Å². The third-order valence-corrected chi connectivity index (χ3v) is 4.25. The molecule has 0 aromatic heterocycles. The molecule has 1 fully saturated rings. The number of carbonyl (C=O) groups is 2. The smallest absolute Gasteiger partial charge is 0.306 e. The normalized spacial score (nSPS) is 16.6. The van der Waals surface area contributed by atoms with E-state index in [0.717, 1.165) is 17.7 Å². The molecular formula is C18H16FN3O4. The molecule has 1 aliphatic rings. The van der Waals surface area contributed by atoms with Crippen LogP contribution in [0.25, 0.3) is 0 Å². The van der Waals surface area contributed by atoms with Gasteiger partial charge in [-0.15, -0.1) is 0 Å². The van der Waals surface area contributed by atoms with E-state index in [0.29, 0.717) is 5.69 Å². The molecule has 1 unspecified atom stereocenters. The van der Waals surface area contributed by atoms with Crippen LogP contribution in [0.15, 0.2) is 42.5 Å². The summed E-state index contributed by atoms with van der Waals surface area (Å²) in [6.45, 7) is 2.16. The highest BCUT2D eigenvalue weighted by atomic mass is 19.1. The molecule has 7 nitrogen and oxygen atoms in total. The summed E-state index contributed by atoms with van der Waals surface area (Å²) in [5, 5.41) is 13.3. The van der Waals surface area contributed by atoms with Gasteiger partial charge in [-0.2, -0.15) is 4.39 Å². The fourth-order valence-corrected chi connectivity index (χ4v) is 2.83. The van der Waals surface area contributed by atoms with E-state index < -0.39 is 28.3 Å². The molecule has 1 atom stereocenters. The molecule has 1 aliphatic heterocycles. The molecule has 1 N–H and O–H groups in total. The zero-order valence-electron chi connectivity index (χ0n) is 13.9. The van der Waals surface area contributed by atoms with E-state index in [-0.39, 0.29) is 24.6 Å². The second-order valence-corrected chi connectivity index (χ2v) is 6.15. The Bertz CT molecular complexity index is 883. The highest BCUT2D eigenvalue weighted by molar-refractivity contribution is 6.03. The SMILES string of the molecule is Cc1ccc(N2CC(C(=O)Nc3ccc(F)c([N+](=O)[O-])c3)CC2=O)cc1. The lowest BCUT2D eigenvalue weighted by atomic mass is 10.1. The van der Waals surface area contributed by atoms with Gasteiger partial charge in [-0.3, -0.25) is 19.7 Å². The number of nitro groups is 1. The number of nitrogens with zero attached hydrogens (tertiary/aromatic N) is 2. The van der Waals surface area contributed by atoms with Crippen molar-refractivity contribution in [1.82, 2.24) is 0 Å². The molecule has 0 bridgehead atoms. The Labute approximate surface area is 148 Å². The van der Waals surface area contributed by atoms with E-state index in [4.69, 9.17) is 0 Å². The molecule has 0 spiro atoms. The van der Waals surface area contributed by atoms with Gasteiger partial charge >= 0.3 is 5.69 Å². The largest absolute Gasteiger partial charge is 0.326 e. The second kappa shape index (κ2) is 6.91. The van der Waals surface area contributed by atoms with Gasteiger partial charge < -0.3 is 10.2 Å². The van der Waals surface area contributed by atoms with Gasteiger partial charge in [0.2, 0.25) is 17.6 Å². The maximum atomic E-state index is 13.4. The van der Waals surface area contributed by atoms with Crippen molar-refractivity contribution in [1.29, 1.82) is 0 Å². The lowest BCUT2D eigenvalue weighted by molar-refractivity contribution is -0.387. The molecule has 134 valence electrons. The first-order valence-corrected chi connectivity index (χ1v) is 7.97. The minimum absolute atomic E-state index is 0.0446. The highest BCUT2D eigenvalue weighted by Crippen LogP contribution is 2.27. The van der Waals surface area contributed by atoms with Crippen LogP contribution in [-0.4, -0.2) is 23.3 Å². The Morgan fingerprint density at radius 3 is 2.62 bits per heavy atom. The van der Waals surface area contributed by atoms with Crippen LogP contribution in [0.5, 0.6) is 0 Å². The minimum Gasteiger partial charge on any atom is -0.326 e. The van der Waals surface area contributed by atoms with Gasteiger partial charge in [0.15, 0.2) is 0 Å². The Balaban J connectivity index is 1.71. The first kappa shape index (κ1) is 17.5. The lowest BCUT2D eigenvalue weighted by Gasteiger charge is -2.17. The van der Waals surface area contributed by atoms with E-state index in [1.54, 1.807) is 0 Å². The molecule has 2 amide bonds. The number of amides is 2. The molecule has 8 heteroatoms. The van der Waals surface area contributed by atoms with Gasteiger partial charge in [-0.1, -0.05) is 17.7 Å². The van der Waals surface area contributed by atoms with Crippen LogP contribution in [-0.2, 0) is 9.59 Å². The van der Waals surface area contributed by atoms with Gasteiger partial charge in [0.25, 0.3) is 0 Å². The quantitative estimate of drug-likeness (QED) is 0.672. The fourth-order valence-electron chi connectivity index (χ4n) is 2.83. The first-order valence-electron chi connectivity index (χ1n) is 7.97. The number of halogens is 1. The van der Waals surface area contributed by atoms with E-state index in [1.807, 2.05) is 31.2 Å². The predicted molar refractivity (Wildman–Crippen MR) is 93.3 cm³/mol. The fraction of sp³-hybridized carbons (Fsp3) is 0.222. The van der Waals surface area contributed by atoms with Gasteiger partial charge in [0.05, 0.1) is 10.8 Å². The van der Waals surface area contributed by atoms with Crippen molar-refractivity contribution < 1.29 is 18.9 Å². The topological polar surface area (TPSA) is 92.6 Å². The Morgan fingerprint density at radius 2 is 1.96 bits per heavy atom. The molecular weight excluding hydrogens is 341 g/mol. The lowest BCUT2D eigenvalue weighted by Crippen LogP contribution is -2.28. The van der Waals surface area contributed by atoms with Crippen LogP contribution >= 0.6 is 0 Å². The number of rotatable bonds is 4. The number of carbonyl (C=O) groups excluding carboxylic acids is 2. The zero-order valence-corrected chi connectivity index (χ0v) is 13.9. The zero-order chi connectivity index (χ0) is 18.8. The van der Waals surface area contributed by atoms with Crippen LogP contribution in [0, 0.1) is 28.8 Å². The number of anilines is 2. The molecule has 0 aliphatic carbocycles. The number of hydrogen-bond donors (Lipinski definition) is 1. The molecule has 26 heavy (non-hydrogen) atoms. The van der Waals surface area contributed by atoms with Crippen LogP contribution in [0.4, 0.5) is 21.5 Å². The summed E-state index contributed by atoms with van der Waals surface area (Å²) in [5.74, 6) is -2.17. The monoisotopic (exact) mass is 357 g/mol. The number of nitro benzene ring substituents is 1.